The Kier molecular flexibility index (Phi) is 3.81. The lowest BCUT2D eigenvalue weighted by Crippen LogP contribution is -2.24. The topological polar surface area (TPSA) is 58.2 Å². The van der Waals surface area contributed by atoms with E-state index >= 15 is 0 Å². The molecule has 2 N–H and O–H groups in total. The Morgan fingerprint density at radius 3 is 2.82 bits per heavy atom. The largest absolute Gasteiger partial charge is 0.345 e. The molecule has 0 aliphatic carbocycles. The first kappa shape index (κ1) is 14.5. The molecule has 0 saturated carbocycles. The standard InChI is InChI=1S/C16H12ClFN2O2/c17-12-7-9(5-6-13(12)18)19-15(21)8-14-10-3-1-2-4-11(10)16(22)20-14/h1-7,14H,8H2,(H,19,21)(H,20,22). The van der Waals surface area contributed by atoms with E-state index in [2.05, 4.69) is 10.6 Å². The van der Waals surface area contributed by atoms with Crippen molar-refractivity contribution in [3.05, 3.63) is 64.4 Å². The number of amides is 2. The minimum absolute atomic E-state index is 0.0580. The Bertz CT molecular complexity index is 764. The Morgan fingerprint density at radius 2 is 2.05 bits per heavy atom. The fourth-order valence-electron chi connectivity index (χ4n) is 2.45. The number of benzene rings is 2. The van der Waals surface area contributed by atoms with Crippen LogP contribution in [-0.2, 0) is 4.79 Å². The van der Waals surface area contributed by atoms with E-state index in [9.17, 15) is 14.0 Å². The van der Waals surface area contributed by atoms with Gasteiger partial charge < -0.3 is 10.6 Å². The molecule has 2 aromatic rings. The molecular formula is C16H12ClFN2O2. The van der Waals surface area contributed by atoms with Crippen molar-refractivity contribution in [3.63, 3.8) is 0 Å². The van der Waals surface area contributed by atoms with E-state index in [1.54, 1.807) is 12.1 Å². The van der Waals surface area contributed by atoms with E-state index < -0.39 is 5.82 Å². The number of halogens is 2. The summed E-state index contributed by atoms with van der Waals surface area (Å²) >= 11 is 5.67. The Morgan fingerprint density at radius 1 is 1.27 bits per heavy atom. The second-order valence-corrected chi connectivity index (χ2v) is 5.40. The fourth-order valence-corrected chi connectivity index (χ4v) is 2.63. The maximum absolute atomic E-state index is 13.1. The van der Waals surface area contributed by atoms with E-state index in [0.717, 1.165) is 5.56 Å². The summed E-state index contributed by atoms with van der Waals surface area (Å²) in [6.45, 7) is 0. The highest BCUT2D eigenvalue weighted by atomic mass is 35.5. The van der Waals surface area contributed by atoms with E-state index in [1.165, 1.54) is 18.2 Å². The van der Waals surface area contributed by atoms with Gasteiger partial charge in [0.1, 0.15) is 5.82 Å². The van der Waals surface area contributed by atoms with E-state index in [-0.39, 0.29) is 29.3 Å². The van der Waals surface area contributed by atoms with Crippen molar-refractivity contribution in [2.75, 3.05) is 5.32 Å². The molecule has 2 amide bonds. The monoisotopic (exact) mass is 318 g/mol. The molecule has 2 aromatic carbocycles. The lowest BCUT2D eigenvalue weighted by molar-refractivity contribution is -0.116. The highest BCUT2D eigenvalue weighted by Gasteiger charge is 2.29. The normalized spacial score (nSPS) is 16.1. The maximum Gasteiger partial charge on any atom is 0.252 e. The smallest absolute Gasteiger partial charge is 0.252 e. The van der Waals surface area contributed by atoms with E-state index in [4.69, 9.17) is 11.6 Å². The molecule has 0 fully saturated rings. The predicted molar refractivity (Wildman–Crippen MR) is 81.3 cm³/mol. The molecule has 0 radical (unpaired) electrons. The van der Waals surface area contributed by atoms with Gasteiger partial charge in [-0.05, 0) is 29.8 Å². The number of hydrogen-bond donors (Lipinski definition) is 2. The minimum atomic E-state index is -0.545. The second-order valence-electron chi connectivity index (χ2n) is 4.99. The third-order valence-electron chi connectivity index (χ3n) is 3.48. The zero-order valence-corrected chi connectivity index (χ0v) is 12.2. The molecule has 1 atom stereocenters. The molecule has 6 heteroatoms. The SMILES string of the molecule is O=C(CC1NC(=O)c2ccccc21)Nc1ccc(F)c(Cl)c1. The highest BCUT2D eigenvalue weighted by Crippen LogP contribution is 2.28. The molecule has 4 nitrogen and oxygen atoms in total. The molecule has 112 valence electrons. The minimum Gasteiger partial charge on any atom is -0.345 e. The van der Waals surface area contributed by atoms with Gasteiger partial charge in [-0.25, -0.2) is 4.39 Å². The summed E-state index contributed by atoms with van der Waals surface area (Å²) in [4.78, 5) is 23.9. The zero-order chi connectivity index (χ0) is 15.7. The number of fused-ring (bicyclic) bond motifs is 1. The van der Waals surface area contributed by atoms with Crippen LogP contribution in [-0.4, -0.2) is 11.8 Å². The molecule has 3 rings (SSSR count). The van der Waals surface area contributed by atoms with Crippen molar-refractivity contribution in [2.45, 2.75) is 12.5 Å². The summed E-state index contributed by atoms with van der Waals surface area (Å²) in [5.74, 6) is -1.01. The third kappa shape index (κ3) is 2.80. The van der Waals surface area contributed by atoms with Crippen molar-refractivity contribution in [1.29, 1.82) is 0 Å². The van der Waals surface area contributed by atoms with Gasteiger partial charge in [0.15, 0.2) is 0 Å². The molecule has 0 aromatic heterocycles. The predicted octanol–water partition coefficient (Wildman–Crippen LogP) is 3.29. The molecule has 1 aliphatic rings. The Balaban J connectivity index is 1.70. The van der Waals surface area contributed by atoms with Crippen LogP contribution in [0.4, 0.5) is 10.1 Å². The van der Waals surface area contributed by atoms with Gasteiger partial charge in [0.25, 0.3) is 5.91 Å². The summed E-state index contributed by atoms with van der Waals surface area (Å²) in [5, 5.41) is 5.35. The number of rotatable bonds is 3. The maximum atomic E-state index is 13.1. The van der Waals surface area contributed by atoms with Gasteiger partial charge in [-0.15, -0.1) is 0 Å². The van der Waals surface area contributed by atoms with Crippen molar-refractivity contribution >= 4 is 29.1 Å². The van der Waals surface area contributed by atoms with Crippen molar-refractivity contribution in [3.8, 4) is 0 Å². The molecule has 1 aliphatic heterocycles. The van der Waals surface area contributed by atoms with Crippen LogP contribution in [0, 0.1) is 5.82 Å². The highest BCUT2D eigenvalue weighted by molar-refractivity contribution is 6.31. The van der Waals surface area contributed by atoms with Crippen molar-refractivity contribution < 1.29 is 14.0 Å². The Labute approximate surface area is 131 Å². The first-order valence-corrected chi connectivity index (χ1v) is 7.07. The van der Waals surface area contributed by atoms with Crippen LogP contribution >= 0.6 is 11.6 Å². The molecule has 0 saturated heterocycles. The summed E-state index contributed by atoms with van der Waals surface area (Å²) in [6, 6.07) is 10.7. The lowest BCUT2D eigenvalue weighted by atomic mass is 10.0. The molecule has 1 unspecified atom stereocenters. The van der Waals surface area contributed by atoms with Gasteiger partial charge in [-0.2, -0.15) is 0 Å². The molecule has 1 heterocycles. The number of anilines is 1. The number of nitrogens with one attached hydrogen (secondary N) is 2. The second kappa shape index (κ2) is 5.77. The van der Waals surface area contributed by atoms with Crippen LogP contribution in [0.3, 0.4) is 0 Å². The average Bonchev–Trinajstić information content (AvgIpc) is 2.80. The summed E-state index contributed by atoms with van der Waals surface area (Å²) in [7, 11) is 0. The third-order valence-corrected chi connectivity index (χ3v) is 3.77. The van der Waals surface area contributed by atoms with Gasteiger partial charge in [-0.1, -0.05) is 29.8 Å². The van der Waals surface area contributed by atoms with Gasteiger partial charge in [0, 0.05) is 11.3 Å². The Hall–Kier alpha value is -2.40. The summed E-state index contributed by atoms with van der Waals surface area (Å²) < 4.78 is 13.1. The van der Waals surface area contributed by atoms with Crippen molar-refractivity contribution in [2.24, 2.45) is 0 Å². The van der Waals surface area contributed by atoms with Crippen LogP contribution in [0.2, 0.25) is 5.02 Å². The average molecular weight is 319 g/mol. The van der Waals surface area contributed by atoms with Crippen LogP contribution in [0.15, 0.2) is 42.5 Å². The quantitative estimate of drug-likeness (QED) is 0.912. The van der Waals surface area contributed by atoms with Crippen LogP contribution in [0.25, 0.3) is 0 Å². The molecule has 22 heavy (non-hydrogen) atoms. The van der Waals surface area contributed by atoms with Gasteiger partial charge in [-0.3, -0.25) is 9.59 Å². The molecule has 0 bridgehead atoms. The summed E-state index contributed by atoms with van der Waals surface area (Å²) in [5.41, 5.74) is 1.80. The zero-order valence-electron chi connectivity index (χ0n) is 11.4. The number of hydrogen-bond acceptors (Lipinski definition) is 2. The van der Waals surface area contributed by atoms with Gasteiger partial charge >= 0.3 is 0 Å². The molecule has 0 spiro atoms. The van der Waals surface area contributed by atoms with Gasteiger partial charge in [0.05, 0.1) is 17.5 Å². The fraction of sp³-hybridized carbons (Fsp3) is 0.125. The number of carbonyl (C=O) groups excluding carboxylic acids is 2. The van der Waals surface area contributed by atoms with Gasteiger partial charge in [0.2, 0.25) is 5.91 Å². The van der Waals surface area contributed by atoms with Crippen LogP contribution in [0.1, 0.15) is 28.4 Å². The lowest BCUT2D eigenvalue weighted by Gasteiger charge is -2.12. The summed E-state index contributed by atoms with van der Waals surface area (Å²) in [6.07, 6.45) is 0.0950. The van der Waals surface area contributed by atoms with E-state index in [1.807, 2.05) is 12.1 Å². The molecular weight excluding hydrogens is 307 g/mol. The van der Waals surface area contributed by atoms with Crippen LogP contribution in [0.5, 0.6) is 0 Å². The number of carbonyl (C=O) groups is 2. The van der Waals surface area contributed by atoms with Crippen molar-refractivity contribution in [1.82, 2.24) is 5.32 Å². The van der Waals surface area contributed by atoms with Crippen LogP contribution < -0.4 is 10.6 Å². The van der Waals surface area contributed by atoms with E-state index in [0.29, 0.717) is 11.3 Å². The first-order valence-electron chi connectivity index (χ1n) is 6.69. The first-order chi connectivity index (χ1) is 10.5.